The number of unbranched alkanes of at least 4 members (excludes halogenated alkanes) is 6. The summed E-state index contributed by atoms with van der Waals surface area (Å²) in [7, 11) is 1.41. The van der Waals surface area contributed by atoms with Crippen molar-refractivity contribution in [2.24, 2.45) is 0 Å². The molecule has 1 aliphatic heterocycles. The van der Waals surface area contributed by atoms with Gasteiger partial charge < -0.3 is 9.47 Å². The fraction of sp³-hybridized carbons (Fsp3) is 0.923. The van der Waals surface area contributed by atoms with Crippen LogP contribution in [0, 0.1) is 0 Å². The van der Waals surface area contributed by atoms with Crippen LogP contribution in [0.1, 0.15) is 58.3 Å². The Kier molecular flexibility index (Phi) is 6.46. The molecule has 3 heteroatoms. The third-order valence-corrected chi connectivity index (χ3v) is 3.11. The van der Waals surface area contributed by atoms with Crippen LogP contribution in [0.15, 0.2) is 0 Å². The van der Waals surface area contributed by atoms with Gasteiger partial charge in [-0.1, -0.05) is 51.9 Å². The Morgan fingerprint density at radius 1 is 1.12 bits per heavy atom. The van der Waals surface area contributed by atoms with Crippen LogP contribution in [0.2, 0.25) is 0 Å². The fourth-order valence-corrected chi connectivity index (χ4v) is 1.99. The van der Waals surface area contributed by atoms with E-state index in [4.69, 9.17) is 4.74 Å². The summed E-state index contributed by atoms with van der Waals surface area (Å²) in [6.07, 6.45) is 10.0. The molecular formula is C13H24O3. The van der Waals surface area contributed by atoms with E-state index in [2.05, 4.69) is 11.7 Å². The SMILES string of the molecule is CCCCCCCCC[C@@H]1O[C@H]1C(=O)OC. The zero-order chi connectivity index (χ0) is 11.8. The van der Waals surface area contributed by atoms with Gasteiger partial charge in [0.1, 0.15) is 0 Å². The second-order valence-electron chi connectivity index (χ2n) is 4.53. The van der Waals surface area contributed by atoms with Gasteiger partial charge in [0.25, 0.3) is 0 Å². The molecule has 16 heavy (non-hydrogen) atoms. The summed E-state index contributed by atoms with van der Waals surface area (Å²) in [6.45, 7) is 2.23. The first-order valence-corrected chi connectivity index (χ1v) is 6.53. The van der Waals surface area contributed by atoms with Gasteiger partial charge in [-0.3, -0.25) is 0 Å². The molecule has 0 amide bonds. The third kappa shape index (κ3) is 4.97. The molecule has 1 fully saturated rings. The molecule has 0 aromatic heterocycles. The topological polar surface area (TPSA) is 38.8 Å². The van der Waals surface area contributed by atoms with Gasteiger partial charge in [-0.05, 0) is 6.42 Å². The Labute approximate surface area is 98.5 Å². The number of epoxide rings is 1. The third-order valence-electron chi connectivity index (χ3n) is 3.11. The Hall–Kier alpha value is -0.570. The van der Waals surface area contributed by atoms with Crippen molar-refractivity contribution in [3.8, 4) is 0 Å². The monoisotopic (exact) mass is 228 g/mol. The van der Waals surface area contributed by atoms with Gasteiger partial charge in [-0.15, -0.1) is 0 Å². The second kappa shape index (κ2) is 7.66. The first-order chi connectivity index (χ1) is 7.79. The number of carbonyl (C=O) groups excluding carboxylic acids is 1. The van der Waals surface area contributed by atoms with E-state index in [1.54, 1.807) is 0 Å². The van der Waals surface area contributed by atoms with Gasteiger partial charge in [-0.25, -0.2) is 4.79 Å². The zero-order valence-corrected chi connectivity index (χ0v) is 10.5. The second-order valence-corrected chi connectivity index (χ2v) is 4.53. The van der Waals surface area contributed by atoms with Crippen molar-refractivity contribution in [3.05, 3.63) is 0 Å². The van der Waals surface area contributed by atoms with Gasteiger partial charge in [0.15, 0.2) is 6.10 Å². The molecular weight excluding hydrogens is 204 g/mol. The molecule has 3 nitrogen and oxygen atoms in total. The van der Waals surface area contributed by atoms with Crippen LogP contribution in [-0.4, -0.2) is 25.3 Å². The minimum atomic E-state index is -0.259. The lowest BCUT2D eigenvalue weighted by Crippen LogP contribution is -2.11. The molecule has 1 saturated heterocycles. The highest BCUT2D eigenvalue weighted by Gasteiger charge is 2.45. The van der Waals surface area contributed by atoms with Crippen LogP contribution in [0.5, 0.6) is 0 Å². The first kappa shape index (κ1) is 13.5. The van der Waals surface area contributed by atoms with Crippen LogP contribution >= 0.6 is 0 Å². The quantitative estimate of drug-likeness (QED) is 0.346. The lowest BCUT2D eigenvalue weighted by Gasteiger charge is -1.99. The van der Waals surface area contributed by atoms with Crippen molar-refractivity contribution in [2.45, 2.75) is 70.5 Å². The van der Waals surface area contributed by atoms with Crippen molar-refractivity contribution in [3.63, 3.8) is 0 Å². The predicted molar refractivity (Wildman–Crippen MR) is 63.3 cm³/mol. The smallest absolute Gasteiger partial charge is 0.337 e. The molecule has 0 saturated carbocycles. The van der Waals surface area contributed by atoms with Crippen LogP contribution in [0.3, 0.4) is 0 Å². The van der Waals surface area contributed by atoms with E-state index in [-0.39, 0.29) is 18.2 Å². The molecule has 2 atom stereocenters. The molecule has 0 spiro atoms. The Morgan fingerprint density at radius 2 is 1.75 bits per heavy atom. The molecule has 0 bridgehead atoms. The van der Waals surface area contributed by atoms with E-state index in [0.717, 1.165) is 6.42 Å². The summed E-state index contributed by atoms with van der Waals surface area (Å²) in [5, 5.41) is 0. The standard InChI is InChI=1S/C13H24O3/c1-3-4-5-6-7-8-9-10-11-12(16-11)13(14)15-2/h11-12H,3-10H2,1-2H3/t11-,12+/m0/s1. The van der Waals surface area contributed by atoms with Crippen molar-refractivity contribution >= 4 is 5.97 Å². The molecule has 1 heterocycles. The summed E-state index contributed by atoms with van der Waals surface area (Å²) in [5.41, 5.74) is 0. The summed E-state index contributed by atoms with van der Waals surface area (Å²) < 4.78 is 9.85. The van der Waals surface area contributed by atoms with Crippen molar-refractivity contribution in [1.82, 2.24) is 0 Å². The Bertz CT molecular complexity index is 203. The average molecular weight is 228 g/mol. The van der Waals surface area contributed by atoms with Crippen LogP contribution < -0.4 is 0 Å². The molecule has 1 aliphatic rings. The van der Waals surface area contributed by atoms with Crippen molar-refractivity contribution < 1.29 is 14.3 Å². The Morgan fingerprint density at radius 3 is 2.38 bits per heavy atom. The van der Waals surface area contributed by atoms with E-state index >= 15 is 0 Å². The maximum atomic E-state index is 11.0. The Balaban J connectivity index is 1.84. The number of methoxy groups -OCH3 is 1. The van der Waals surface area contributed by atoms with Gasteiger partial charge >= 0.3 is 5.97 Å². The highest BCUT2D eigenvalue weighted by atomic mass is 16.6. The number of rotatable bonds is 9. The van der Waals surface area contributed by atoms with Crippen LogP contribution in [0.4, 0.5) is 0 Å². The van der Waals surface area contributed by atoms with E-state index in [1.165, 1.54) is 52.1 Å². The van der Waals surface area contributed by atoms with E-state index in [1.807, 2.05) is 0 Å². The first-order valence-electron chi connectivity index (χ1n) is 6.53. The minimum absolute atomic E-state index is 0.142. The maximum Gasteiger partial charge on any atom is 0.337 e. The van der Waals surface area contributed by atoms with Crippen LogP contribution in [0.25, 0.3) is 0 Å². The predicted octanol–water partition coefficient (Wildman–Crippen LogP) is 3.07. The largest absolute Gasteiger partial charge is 0.467 e. The zero-order valence-electron chi connectivity index (χ0n) is 10.5. The van der Waals surface area contributed by atoms with Crippen LogP contribution in [-0.2, 0) is 14.3 Å². The fourth-order valence-electron chi connectivity index (χ4n) is 1.99. The summed E-state index contributed by atoms with van der Waals surface area (Å²) in [6, 6.07) is 0. The van der Waals surface area contributed by atoms with Gasteiger partial charge in [-0.2, -0.15) is 0 Å². The number of carbonyl (C=O) groups is 1. The summed E-state index contributed by atoms with van der Waals surface area (Å²) in [4.78, 5) is 11.0. The van der Waals surface area contributed by atoms with E-state index in [9.17, 15) is 4.79 Å². The van der Waals surface area contributed by atoms with Crippen molar-refractivity contribution in [2.75, 3.05) is 7.11 Å². The minimum Gasteiger partial charge on any atom is -0.467 e. The van der Waals surface area contributed by atoms with Gasteiger partial charge in [0, 0.05) is 0 Å². The molecule has 0 aromatic carbocycles. The average Bonchev–Trinajstić information content (AvgIpc) is 3.06. The molecule has 0 radical (unpaired) electrons. The van der Waals surface area contributed by atoms with Gasteiger partial charge in [0.2, 0.25) is 0 Å². The highest BCUT2D eigenvalue weighted by Crippen LogP contribution is 2.28. The summed E-state index contributed by atoms with van der Waals surface area (Å²) >= 11 is 0. The normalized spacial score (nSPS) is 23.1. The molecule has 0 aliphatic carbocycles. The lowest BCUT2D eigenvalue weighted by atomic mass is 10.1. The van der Waals surface area contributed by atoms with Gasteiger partial charge in [0.05, 0.1) is 13.2 Å². The number of hydrogen-bond donors (Lipinski definition) is 0. The van der Waals surface area contributed by atoms with E-state index < -0.39 is 0 Å². The molecule has 0 unspecified atom stereocenters. The molecule has 0 N–H and O–H groups in total. The van der Waals surface area contributed by atoms with Crippen molar-refractivity contribution in [1.29, 1.82) is 0 Å². The van der Waals surface area contributed by atoms with E-state index in [0.29, 0.717) is 0 Å². The summed E-state index contributed by atoms with van der Waals surface area (Å²) in [5.74, 6) is -0.215. The molecule has 0 aromatic rings. The maximum absolute atomic E-state index is 11.0. The number of ether oxygens (including phenoxy) is 2. The lowest BCUT2D eigenvalue weighted by molar-refractivity contribution is -0.142. The molecule has 1 rings (SSSR count). The molecule has 94 valence electrons. The highest BCUT2D eigenvalue weighted by molar-refractivity contribution is 5.77. The number of esters is 1. The number of hydrogen-bond acceptors (Lipinski definition) is 3.